The Bertz CT molecular complexity index is 524. The maximum Gasteiger partial charge on any atom is 0.391 e. The number of amides is 1. The van der Waals surface area contributed by atoms with E-state index < -0.39 is 24.3 Å². The van der Waals surface area contributed by atoms with Crippen molar-refractivity contribution in [1.82, 2.24) is 10.2 Å². The van der Waals surface area contributed by atoms with E-state index in [0.717, 1.165) is 12.8 Å². The molecule has 168 valence electrons. The molecule has 3 rings (SSSR count). The lowest BCUT2D eigenvalue weighted by atomic mass is 9.79. The predicted molar refractivity (Wildman–Crippen MR) is 100 cm³/mol. The quantitative estimate of drug-likeness (QED) is 0.578. The Morgan fingerprint density at radius 2 is 2.00 bits per heavy atom. The first-order valence-corrected chi connectivity index (χ1v) is 10.7. The minimum atomic E-state index is -4.24. The lowest BCUT2D eigenvalue weighted by molar-refractivity contribution is -0.198. The van der Waals surface area contributed by atoms with Gasteiger partial charge in [-0.2, -0.15) is 13.2 Å². The smallest absolute Gasteiger partial charge is 0.385 e. The molecule has 0 bridgehead atoms. The molecule has 4 atom stereocenters. The van der Waals surface area contributed by atoms with Gasteiger partial charge in [0.1, 0.15) is 6.10 Å². The van der Waals surface area contributed by atoms with E-state index in [1.165, 1.54) is 0 Å². The topological polar surface area (TPSA) is 60.0 Å². The number of hydrogen-bond acceptors (Lipinski definition) is 5. The highest BCUT2D eigenvalue weighted by molar-refractivity contribution is 5.82. The molecule has 1 N–H and O–H groups in total. The highest BCUT2D eigenvalue weighted by atomic mass is 19.4. The first-order chi connectivity index (χ1) is 13.9. The van der Waals surface area contributed by atoms with Crippen molar-refractivity contribution in [3.8, 4) is 0 Å². The summed E-state index contributed by atoms with van der Waals surface area (Å²) in [5.74, 6) is -1.69. The number of ether oxygens (including phenoxy) is 3. The van der Waals surface area contributed by atoms with Gasteiger partial charge in [0.05, 0.1) is 18.6 Å². The van der Waals surface area contributed by atoms with Gasteiger partial charge >= 0.3 is 6.18 Å². The molecule has 2 aliphatic carbocycles. The highest BCUT2D eigenvalue weighted by Gasteiger charge is 2.47. The van der Waals surface area contributed by atoms with Crippen LogP contribution in [0, 0.1) is 11.8 Å². The largest absolute Gasteiger partial charge is 0.391 e. The van der Waals surface area contributed by atoms with Crippen LogP contribution in [-0.4, -0.2) is 81.8 Å². The molecule has 0 spiro atoms. The monoisotopic (exact) mass is 422 g/mol. The summed E-state index contributed by atoms with van der Waals surface area (Å²) in [5, 5.41) is 3.15. The summed E-state index contributed by atoms with van der Waals surface area (Å²) in [6.07, 6.45) is -2.10. The summed E-state index contributed by atoms with van der Waals surface area (Å²) in [4.78, 5) is 14.7. The molecule has 3 unspecified atom stereocenters. The molecule has 29 heavy (non-hydrogen) atoms. The lowest BCUT2D eigenvalue weighted by Crippen LogP contribution is -2.52. The van der Waals surface area contributed by atoms with Crippen LogP contribution in [0.5, 0.6) is 0 Å². The number of hydrogen-bond donors (Lipinski definition) is 1. The molecule has 0 aromatic heterocycles. The number of carbonyl (C=O) groups is 1. The maximum atomic E-state index is 13.5. The van der Waals surface area contributed by atoms with Crippen LogP contribution in [0.2, 0.25) is 0 Å². The van der Waals surface area contributed by atoms with Crippen molar-refractivity contribution in [2.45, 2.75) is 63.0 Å². The van der Waals surface area contributed by atoms with Crippen molar-refractivity contribution in [3.63, 3.8) is 0 Å². The van der Waals surface area contributed by atoms with E-state index in [1.807, 2.05) is 0 Å². The number of carbonyl (C=O) groups excluding carboxylic acids is 1. The van der Waals surface area contributed by atoms with E-state index >= 15 is 0 Å². The summed E-state index contributed by atoms with van der Waals surface area (Å²) in [5.41, 5.74) is 0. The highest BCUT2D eigenvalue weighted by Crippen LogP contribution is 2.42. The summed E-state index contributed by atoms with van der Waals surface area (Å²) in [6.45, 7) is 2.93. The van der Waals surface area contributed by atoms with Gasteiger partial charge in [-0.05, 0) is 44.4 Å². The first kappa shape index (κ1) is 22.8. The van der Waals surface area contributed by atoms with Crippen molar-refractivity contribution in [2.75, 3.05) is 46.6 Å². The third-order valence-corrected chi connectivity index (χ3v) is 6.00. The van der Waals surface area contributed by atoms with Crippen molar-refractivity contribution >= 4 is 5.91 Å². The molecular formula is C20H33F3N2O4. The minimum absolute atomic E-state index is 0.0000131. The SMILES string of the molecule is COCCCOC1CC(CN(C(=O)[C@H]2CNCCO2)C2CC2)CC(C(F)(F)F)C1. The Morgan fingerprint density at radius 1 is 1.21 bits per heavy atom. The average Bonchev–Trinajstić information content (AvgIpc) is 3.54. The third-order valence-electron chi connectivity index (χ3n) is 6.00. The van der Waals surface area contributed by atoms with Crippen molar-refractivity contribution in [1.29, 1.82) is 0 Å². The van der Waals surface area contributed by atoms with Crippen LogP contribution < -0.4 is 5.32 Å². The normalized spacial score (nSPS) is 30.9. The van der Waals surface area contributed by atoms with Crippen molar-refractivity contribution < 1.29 is 32.2 Å². The number of morpholine rings is 1. The van der Waals surface area contributed by atoms with Crippen LogP contribution in [0.3, 0.4) is 0 Å². The number of halogens is 3. The Labute approximate surface area is 170 Å². The molecule has 0 aromatic carbocycles. The zero-order valence-electron chi connectivity index (χ0n) is 17.1. The summed E-state index contributed by atoms with van der Waals surface area (Å²) in [6, 6.07) is 0.139. The van der Waals surface area contributed by atoms with Crippen LogP contribution in [0.4, 0.5) is 13.2 Å². The fourth-order valence-electron chi connectivity index (χ4n) is 4.38. The number of nitrogens with zero attached hydrogens (tertiary/aromatic N) is 1. The molecule has 1 aliphatic heterocycles. The second-order valence-electron chi connectivity index (χ2n) is 8.44. The third kappa shape index (κ3) is 6.80. The van der Waals surface area contributed by atoms with E-state index in [2.05, 4.69) is 5.32 Å². The van der Waals surface area contributed by atoms with Gasteiger partial charge in [-0.15, -0.1) is 0 Å². The molecule has 9 heteroatoms. The summed E-state index contributed by atoms with van der Waals surface area (Å²) in [7, 11) is 1.59. The van der Waals surface area contributed by atoms with Gasteiger partial charge < -0.3 is 24.4 Å². The van der Waals surface area contributed by atoms with Crippen LogP contribution in [0.1, 0.15) is 38.5 Å². The van der Waals surface area contributed by atoms with E-state index in [4.69, 9.17) is 14.2 Å². The molecule has 0 radical (unpaired) electrons. The molecule has 0 aromatic rings. The summed E-state index contributed by atoms with van der Waals surface area (Å²) >= 11 is 0. The van der Waals surface area contributed by atoms with Gasteiger partial charge in [0, 0.05) is 46.0 Å². The van der Waals surface area contributed by atoms with Crippen LogP contribution >= 0.6 is 0 Å². The minimum Gasteiger partial charge on any atom is -0.385 e. The van der Waals surface area contributed by atoms with Crippen molar-refractivity contribution in [3.05, 3.63) is 0 Å². The fraction of sp³-hybridized carbons (Fsp3) is 0.950. The van der Waals surface area contributed by atoms with Gasteiger partial charge in [-0.1, -0.05) is 0 Å². The molecule has 3 fully saturated rings. The standard InChI is InChI=1S/C20H33F3N2O4/c1-27-6-2-7-28-17-10-14(9-15(11-17)20(21,22)23)13-25(16-3-4-16)19(26)18-12-24-5-8-29-18/h14-18,24H,2-13H2,1H3/t14?,15?,17?,18-/m1/s1. The molecule has 3 aliphatic rings. The first-order valence-electron chi connectivity index (χ1n) is 10.7. The van der Waals surface area contributed by atoms with Crippen molar-refractivity contribution in [2.24, 2.45) is 11.8 Å². The van der Waals surface area contributed by atoms with E-state index in [-0.39, 0.29) is 30.7 Å². The average molecular weight is 422 g/mol. The number of rotatable bonds is 9. The number of alkyl halides is 3. The zero-order chi connectivity index (χ0) is 20.9. The molecular weight excluding hydrogens is 389 g/mol. The molecule has 1 heterocycles. The van der Waals surface area contributed by atoms with Gasteiger partial charge in [-0.25, -0.2) is 0 Å². The molecule has 1 saturated heterocycles. The zero-order valence-corrected chi connectivity index (χ0v) is 17.1. The van der Waals surface area contributed by atoms with E-state index in [9.17, 15) is 18.0 Å². The second-order valence-corrected chi connectivity index (χ2v) is 8.44. The van der Waals surface area contributed by atoms with Crippen LogP contribution in [0.15, 0.2) is 0 Å². The lowest BCUT2D eigenvalue weighted by Gasteiger charge is -2.39. The maximum absolute atomic E-state index is 13.5. The Balaban J connectivity index is 1.61. The van der Waals surface area contributed by atoms with Gasteiger partial charge in [0.25, 0.3) is 5.91 Å². The molecule has 1 amide bonds. The Kier molecular flexibility index (Phi) is 8.18. The van der Waals surface area contributed by atoms with Gasteiger partial charge in [-0.3, -0.25) is 4.79 Å². The Morgan fingerprint density at radius 3 is 2.62 bits per heavy atom. The second kappa shape index (κ2) is 10.4. The molecule has 2 saturated carbocycles. The van der Waals surface area contributed by atoms with Crippen LogP contribution in [-0.2, 0) is 19.0 Å². The fourth-order valence-corrected chi connectivity index (χ4v) is 4.38. The Hall–Kier alpha value is -0.900. The molecule has 6 nitrogen and oxygen atoms in total. The predicted octanol–water partition coefficient (Wildman–Crippen LogP) is 2.37. The van der Waals surface area contributed by atoms with E-state index in [1.54, 1.807) is 12.0 Å². The summed E-state index contributed by atoms with van der Waals surface area (Å²) < 4.78 is 56.8. The van der Waals surface area contributed by atoms with Gasteiger partial charge in [0.2, 0.25) is 0 Å². The van der Waals surface area contributed by atoms with E-state index in [0.29, 0.717) is 52.3 Å². The van der Waals surface area contributed by atoms with Gasteiger partial charge in [0.15, 0.2) is 0 Å². The number of methoxy groups -OCH3 is 1. The van der Waals surface area contributed by atoms with Crippen LogP contribution in [0.25, 0.3) is 0 Å². The number of nitrogens with one attached hydrogen (secondary N) is 1.